The maximum atomic E-state index is 14.5. The third kappa shape index (κ3) is 15.2. The van der Waals surface area contributed by atoms with Gasteiger partial charge in [-0.3, -0.25) is 4.79 Å². The Bertz CT molecular complexity index is 1790. The van der Waals surface area contributed by atoms with Crippen LogP contribution in [-0.4, -0.2) is 81.3 Å². The Morgan fingerprint density at radius 3 is 2.13 bits per heavy atom. The van der Waals surface area contributed by atoms with Crippen molar-refractivity contribution in [2.75, 3.05) is 31.7 Å². The third-order valence-electron chi connectivity index (χ3n) is 8.63. The van der Waals surface area contributed by atoms with Crippen molar-refractivity contribution in [1.82, 2.24) is 10.2 Å². The number of unbranched alkanes of at least 4 members (excludes halogenated alkanes) is 1. The molecule has 3 aromatic rings. The summed E-state index contributed by atoms with van der Waals surface area (Å²) in [5.74, 6) is -1.50. The fraction of sp³-hybridized carbons (Fsp3) is 0.488. The van der Waals surface area contributed by atoms with Crippen molar-refractivity contribution in [1.29, 1.82) is 0 Å². The van der Waals surface area contributed by atoms with Gasteiger partial charge in [-0.05, 0) is 96.9 Å². The van der Waals surface area contributed by atoms with E-state index in [-0.39, 0.29) is 47.8 Å². The van der Waals surface area contributed by atoms with Gasteiger partial charge in [-0.2, -0.15) is 0 Å². The summed E-state index contributed by atoms with van der Waals surface area (Å²) in [5.41, 5.74) is 1.49. The summed E-state index contributed by atoms with van der Waals surface area (Å²) in [7, 11) is -4.21. The van der Waals surface area contributed by atoms with Gasteiger partial charge in [-0.1, -0.05) is 72.3 Å². The number of hydrogen-bond donors (Lipinski definition) is 3. The van der Waals surface area contributed by atoms with Crippen LogP contribution in [0.2, 0.25) is 5.02 Å². The summed E-state index contributed by atoms with van der Waals surface area (Å²) in [6.45, 7) is 12.3. The van der Waals surface area contributed by atoms with Gasteiger partial charge in [-0.25, -0.2) is 23.1 Å². The predicted octanol–water partition coefficient (Wildman–Crippen LogP) is 6.50. The number of amides is 1. The van der Waals surface area contributed by atoms with Crippen molar-refractivity contribution in [3.63, 3.8) is 0 Å². The van der Waals surface area contributed by atoms with Crippen LogP contribution in [0.1, 0.15) is 88.7 Å². The number of halogens is 1. The third-order valence-corrected chi connectivity index (χ3v) is 10.0. The normalized spacial score (nSPS) is 13.4. The van der Waals surface area contributed by atoms with Gasteiger partial charge in [0.1, 0.15) is 16.5 Å². The number of carbonyl (C=O) groups is 3. The van der Waals surface area contributed by atoms with E-state index in [2.05, 4.69) is 22.8 Å². The number of hydrogen-bond acceptors (Lipinski definition) is 10. The van der Waals surface area contributed by atoms with Gasteiger partial charge >= 0.3 is 11.9 Å². The minimum absolute atomic E-state index is 0.0329. The Kier molecular flexibility index (Phi) is 18.1. The molecule has 0 aliphatic heterocycles. The fourth-order valence-electron chi connectivity index (χ4n) is 6.01. The number of nitrogens with two attached hydrogens (primary N) is 1. The van der Waals surface area contributed by atoms with Crippen molar-refractivity contribution < 1.29 is 37.0 Å². The Hall–Kier alpha value is -4.01. The van der Waals surface area contributed by atoms with E-state index in [4.69, 9.17) is 31.0 Å². The second kappa shape index (κ2) is 21.9. The number of primary sulfonamides is 1. The summed E-state index contributed by atoms with van der Waals surface area (Å²) < 4.78 is 41.0. The molecule has 0 aliphatic rings. The molecule has 3 rings (SSSR count). The van der Waals surface area contributed by atoms with Crippen LogP contribution in [-0.2, 0) is 46.8 Å². The van der Waals surface area contributed by atoms with Gasteiger partial charge in [0.25, 0.3) is 0 Å². The molecule has 0 spiro atoms. The summed E-state index contributed by atoms with van der Waals surface area (Å²) >= 11 is 6.24. The molecule has 302 valence electrons. The molecule has 3 unspecified atom stereocenters. The highest BCUT2D eigenvalue weighted by Crippen LogP contribution is 2.29. The van der Waals surface area contributed by atoms with Crippen molar-refractivity contribution in [2.24, 2.45) is 5.14 Å². The average molecular weight is 801 g/mol. The molecule has 0 aliphatic carbocycles. The van der Waals surface area contributed by atoms with E-state index in [1.54, 1.807) is 32.6 Å². The van der Waals surface area contributed by atoms with Crippen LogP contribution in [0.3, 0.4) is 0 Å². The first-order chi connectivity index (χ1) is 26.0. The number of anilines is 1. The molecular weight excluding hydrogens is 744 g/mol. The van der Waals surface area contributed by atoms with E-state index in [9.17, 15) is 22.8 Å². The quantitative estimate of drug-likeness (QED) is 0.0754. The maximum absolute atomic E-state index is 14.5. The number of rotatable bonds is 22. The van der Waals surface area contributed by atoms with Crippen molar-refractivity contribution in [3.05, 3.63) is 94.5 Å². The van der Waals surface area contributed by atoms with Crippen LogP contribution in [0.25, 0.3) is 0 Å². The highest BCUT2D eigenvalue weighted by atomic mass is 35.5. The molecular formula is C41H57ClN4O8S. The lowest BCUT2D eigenvalue weighted by atomic mass is 10.0. The largest absolute Gasteiger partial charge is 0.462 e. The molecule has 0 heterocycles. The molecule has 0 fully saturated rings. The number of carbonyl (C=O) groups excluding carboxylic acids is 3. The van der Waals surface area contributed by atoms with Crippen LogP contribution in [0.5, 0.6) is 0 Å². The Balaban J connectivity index is 1.85. The molecule has 1 amide bonds. The second-order valence-corrected chi connectivity index (χ2v) is 16.2. The molecule has 0 bridgehead atoms. The minimum Gasteiger partial charge on any atom is -0.462 e. The molecule has 55 heavy (non-hydrogen) atoms. The lowest BCUT2D eigenvalue weighted by Gasteiger charge is -2.35. The Morgan fingerprint density at radius 1 is 0.909 bits per heavy atom. The minimum atomic E-state index is -4.21. The molecule has 12 nitrogen and oxygen atoms in total. The standard InChI is InChI=1S/C41H57ClN4O8S/c1-7-52-28-32(23-22-30-17-11-9-12-18-30)45-29(3)38(47)46(27-31-19-13-10-14-20-31)36(40(49)54-41(4,5)6)21-15-16-24-44-35-26-34(42)37(55(43,50)51)25-33(35)39(48)53-8-2/h9-14,17-20,25-26,29,32,36,44-45H,7-8,15-16,21-24,27-28H2,1-6H3,(H2,43,50,51). The van der Waals surface area contributed by atoms with E-state index in [1.165, 1.54) is 11.6 Å². The highest BCUT2D eigenvalue weighted by molar-refractivity contribution is 7.89. The second-order valence-electron chi connectivity index (χ2n) is 14.3. The molecule has 4 N–H and O–H groups in total. The average Bonchev–Trinajstić information content (AvgIpc) is 3.12. The van der Waals surface area contributed by atoms with Crippen LogP contribution >= 0.6 is 11.6 Å². The van der Waals surface area contributed by atoms with E-state index >= 15 is 0 Å². The SMILES string of the molecule is CCOCC(CCc1ccccc1)NC(C)C(=O)N(Cc1ccccc1)C(CCCCNc1cc(Cl)c(S(N)(=O)=O)cc1C(=O)OCC)C(=O)OC(C)(C)C. The van der Waals surface area contributed by atoms with Gasteiger partial charge in [-0.15, -0.1) is 0 Å². The molecule has 0 aromatic heterocycles. The molecule has 14 heteroatoms. The van der Waals surface area contributed by atoms with E-state index in [0.717, 1.165) is 24.5 Å². The monoisotopic (exact) mass is 800 g/mol. The van der Waals surface area contributed by atoms with E-state index in [0.29, 0.717) is 32.6 Å². The van der Waals surface area contributed by atoms with Crippen LogP contribution in [0, 0.1) is 0 Å². The van der Waals surface area contributed by atoms with Crippen molar-refractivity contribution >= 4 is 45.2 Å². The number of esters is 2. The number of nitrogens with zero attached hydrogens (tertiary/aromatic N) is 1. The number of sulfonamides is 1. The van der Waals surface area contributed by atoms with Gasteiger partial charge in [0.05, 0.1) is 35.5 Å². The van der Waals surface area contributed by atoms with E-state index in [1.807, 2.05) is 62.4 Å². The predicted molar refractivity (Wildman–Crippen MR) is 215 cm³/mol. The van der Waals surface area contributed by atoms with Gasteiger partial charge in [0.2, 0.25) is 15.9 Å². The molecule has 0 saturated heterocycles. The zero-order chi connectivity index (χ0) is 40.6. The lowest BCUT2D eigenvalue weighted by molar-refractivity contribution is -0.166. The number of aryl methyl sites for hydroxylation is 1. The van der Waals surface area contributed by atoms with Crippen LogP contribution in [0.4, 0.5) is 5.69 Å². The number of benzene rings is 3. The number of nitrogens with one attached hydrogen (secondary N) is 2. The lowest BCUT2D eigenvalue weighted by Crippen LogP contribution is -2.54. The molecule has 0 saturated carbocycles. The van der Waals surface area contributed by atoms with Crippen molar-refractivity contribution in [2.45, 2.75) is 109 Å². The summed E-state index contributed by atoms with van der Waals surface area (Å²) in [5, 5.41) is 11.8. The Morgan fingerprint density at radius 2 is 1.55 bits per heavy atom. The summed E-state index contributed by atoms with van der Waals surface area (Å²) in [4.78, 5) is 42.4. The zero-order valence-electron chi connectivity index (χ0n) is 32.8. The summed E-state index contributed by atoms with van der Waals surface area (Å²) in [6.07, 6.45) is 2.83. The smallest absolute Gasteiger partial charge is 0.340 e. The van der Waals surface area contributed by atoms with Gasteiger partial charge in [0.15, 0.2) is 0 Å². The first kappa shape index (κ1) is 45.4. The summed E-state index contributed by atoms with van der Waals surface area (Å²) in [6, 6.07) is 20.4. The topological polar surface area (TPSA) is 166 Å². The van der Waals surface area contributed by atoms with Crippen molar-refractivity contribution in [3.8, 4) is 0 Å². The first-order valence-electron chi connectivity index (χ1n) is 18.8. The molecule has 3 atom stereocenters. The van der Waals surface area contributed by atoms with E-state index < -0.39 is 44.5 Å². The first-order valence-corrected chi connectivity index (χ1v) is 20.7. The van der Waals surface area contributed by atoms with Gasteiger partial charge in [0, 0.05) is 25.7 Å². The number of ether oxygens (including phenoxy) is 3. The van der Waals surface area contributed by atoms with Crippen LogP contribution in [0.15, 0.2) is 77.7 Å². The Labute approximate surface area is 331 Å². The maximum Gasteiger partial charge on any atom is 0.340 e. The highest BCUT2D eigenvalue weighted by Gasteiger charge is 2.35. The zero-order valence-corrected chi connectivity index (χ0v) is 34.4. The fourth-order valence-corrected chi connectivity index (χ4v) is 7.11. The molecule has 0 radical (unpaired) electrons. The van der Waals surface area contributed by atoms with Gasteiger partial charge < -0.3 is 29.7 Å². The van der Waals surface area contributed by atoms with Crippen LogP contribution < -0.4 is 15.8 Å². The molecule has 3 aromatic carbocycles.